The molecule has 1 atom stereocenters. The van der Waals surface area contributed by atoms with Gasteiger partial charge in [0.05, 0.1) is 19.1 Å². The molecule has 0 amide bonds. The van der Waals surface area contributed by atoms with Crippen LogP contribution >= 0.6 is 0 Å². The third kappa shape index (κ3) is 4.56. The van der Waals surface area contributed by atoms with Crippen LogP contribution in [0, 0.1) is 0 Å². The molecule has 1 saturated heterocycles. The fraction of sp³-hybridized carbons (Fsp3) is 0.533. The monoisotopic (exact) mass is 264 g/mol. The van der Waals surface area contributed by atoms with Crippen LogP contribution in [0.3, 0.4) is 0 Å². The summed E-state index contributed by atoms with van der Waals surface area (Å²) in [5.74, 6) is -0.160. The Morgan fingerprint density at radius 1 is 1.42 bits per heavy atom. The van der Waals surface area contributed by atoms with Crippen molar-refractivity contribution in [2.75, 3.05) is 13.2 Å². The second-order valence-corrected chi connectivity index (χ2v) is 4.80. The summed E-state index contributed by atoms with van der Waals surface area (Å²) in [5.41, 5.74) is 0.729. The molecule has 1 N–H and O–H groups in total. The molecule has 1 fully saturated rings. The van der Waals surface area contributed by atoms with E-state index in [2.05, 4.69) is 0 Å². The minimum absolute atomic E-state index is 0.00189. The zero-order chi connectivity index (χ0) is 13.5. The van der Waals surface area contributed by atoms with Crippen LogP contribution in [0.15, 0.2) is 24.3 Å². The molecule has 1 unspecified atom stereocenters. The molecule has 1 aliphatic heterocycles. The van der Waals surface area contributed by atoms with Crippen LogP contribution in [0.2, 0.25) is 0 Å². The molecule has 1 heterocycles. The first-order valence-corrected chi connectivity index (χ1v) is 6.80. The predicted octanol–water partition coefficient (Wildman–Crippen LogP) is 2.65. The van der Waals surface area contributed by atoms with E-state index in [0.29, 0.717) is 18.5 Å². The summed E-state index contributed by atoms with van der Waals surface area (Å²) in [6, 6.07) is 7.31. The van der Waals surface area contributed by atoms with Crippen LogP contribution in [0.4, 0.5) is 0 Å². The zero-order valence-corrected chi connectivity index (χ0v) is 11.0. The number of hydrogen-bond donors (Lipinski definition) is 1. The molecule has 0 aromatic heterocycles. The highest BCUT2D eigenvalue weighted by Crippen LogP contribution is 2.20. The molecule has 0 bridgehead atoms. The van der Waals surface area contributed by atoms with Crippen molar-refractivity contribution in [2.24, 2.45) is 0 Å². The number of ether oxygens (including phenoxy) is 2. The van der Waals surface area contributed by atoms with Gasteiger partial charge in [0, 0.05) is 12.2 Å². The van der Waals surface area contributed by atoms with Gasteiger partial charge >= 0.3 is 5.97 Å². The van der Waals surface area contributed by atoms with Gasteiger partial charge < -0.3 is 14.6 Å². The van der Waals surface area contributed by atoms with Crippen LogP contribution in [0.5, 0.6) is 5.75 Å². The third-order valence-corrected chi connectivity index (χ3v) is 3.27. The minimum Gasteiger partial charge on any atom is -0.493 e. The number of carboxylic acids is 1. The Bertz CT molecular complexity index is 410. The highest BCUT2D eigenvalue weighted by molar-refractivity contribution is 5.71. The van der Waals surface area contributed by atoms with Crippen LogP contribution in [-0.2, 0) is 16.0 Å². The van der Waals surface area contributed by atoms with Crippen molar-refractivity contribution in [3.05, 3.63) is 29.8 Å². The quantitative estimate of drug-likeness (QED) is 0.769. The van der Waals surface area contributed by atoms with E-state index in [0.717, 1.165) is 37.9 Å². The summed E-state index contributed by atoms with van der Waals surface area (Å²) in [5, 5.41) is 8.83. The number of hydrogen-bond acceptors (Lipinski definition) is 3. The second-order valence-electron chi connectivity index (χ2n) is 4.80. The Morgan fingerprint density at radius 3 is 3.00 bits per heavy atom. The molecule has 4 heteroatoms. The largest absolute Gasteiger partial charge is 0.493 e. The molecule has 1 aliphatic rings. The van der Waals surface area contributed by atoms with Gasteiger partial charge in [0.15, 0.2) is 0 Å². The third-order valence-electron chi connectivity index (χ3n) is 3.27. The average molecular weight is 264 g/mol. The van der Waals surface area contributed by atoms with Crippen molar-refractivity contribution in [2.45, 2.75) is 38.2 Å². The van der Waals surface area contributed by atoms with Gasteiger partial charge in [-0.2, -0.15) is 0 Å². The van der Waals surface area contributed by atoms with Gasteiger partial charge in [0.25, 0.3) is 0 Å². The van der Waals surface area contributed by atoms with Gasteiger partial charge in [-0.3, -0.25) is 4.79 Å². The van der Waals surface area contributed by atoms with E-state index >= 15 is 0 Å². The maximum atomic E-state index is 10.8. The van der Waals surface area contributed by atoms with Crippen LogP contribution in [0.1, 0.15) is 31.2 Å². The summed E-state index contributed by atoms with van der Waals surface area (Å²) in [6.07, 6.45) is 4.65. The fourth-order valence-corrected chi connectivity index (χ4v) is 2.32. The summed E-state index contributed by atoms with van der Waals surface area (Å²) in [4.78, 5) is 10.8. The first-order valence-electron chi connectivity index (χ1n) is 6.80. The van der Waals surface area contributed by atoms with E-state index in [9.17, 15) is 4.79 Å². The van der Waals surface area contributed by atoms with Crippen molar-refractivity contribution in [3.8, 4) is 5.75 Å². The summed E-state index contributed by atoms with van der Waals surface area (Å²) in [7, 11) is 0. The fourth-order valence-electron chi connectivity index (χ4n) is 2.32. The van der Waals surface area contributed by atoms with E-state index in [1.54, 1.807) is 6.07 Å². The maximum Gasteiger partial charge on any atom is 0.307 e. The van der Waals surface area contributed by atoms with Gasteiger partial charge in [-0.1, -0.05) is 18.2 Å². The number of rotatable bonds is 7. The Morgan fingerprint density at radius 2 is 2.26 bits per heavy atom. The van der Waals surface area contributed by atoms with Crippen molar-refractivity contribution in [1.29, 1.82) is 0 Å². The van der Waals surface area contributed by atoms with Crippen molar-refractivity contribution in [3.63, 3.8) is 0 Å². The number of carbonyl (C=O) groups is 1. The van der Waals surface area contributed by atoms with Crippen LogP contribution < -0.4 is 4.74 Å². The van der Waals surface area contributed by atoms with Gasteiger partial charge in [-0.15, -0.1) is 0 Å². The molecule has 2 rings (SSSR count). The number of para-hydroxylation sites is 1. The molecule has 0 aliphatic carbocycles. The van der Waals surface area contributed by atoms with Gasteiger partial charge in [-0.25, -0.2) is 0 Å². The highest BCUT2D eigenvalue weighted by atomic mass is 16.5. The van der Waals surface area contributed by atoms with E-state index in [-0.39, 0.29) is 6.42 Å². The average Bonchev–Trinajstić information content (AvgIpc) is 2.89. The number of carboxylic acid groups (broad SMARTS) is 1. The molecule has 0 spiro atoms. The van der Waals surface area contributed by atoms with E-state index in [1.807, 2.05) is 18.2 Å². The minimum atomic E-state index is -0.838. The van der Waals surface area contributed by atoms with Gasteiger partial charge in [-0.05, 0) is 31.7 Å². The lowest BCUT2D eigenvalue weighted by molar-refractivity contribution is -0.136. The molecule has 1 aromatic rings. The van der Waals surface area contributed by atoms with Gasteiger partial charge in [0.2, 0.25) is 0 Å². The Hall–Kier alpha value is -1.55. The summed E-state index contributed by atoms with van der Waals surface area (Å²) >= 11 is 0. The standard InChI is InChI=1S/C15H20O4/c16-15(17)11-12-5-1-2-8-14(12)19-10-4-7-13-6-3-9-18-13/h1-2,5,8,13H,3-4,6-7,9-11H2,(H,16,17). The second kappa shape index (κ2) is 7.14. The zero-order valence-electron chi connectivity index (χ0n) is 11.0. The Balaban J connectivity index is 1.76. The van der Waals surface area contributed by atoms with Crippen molar-refractivity contribution >= 4 is 5.97 Å². The van der Waals surface area contributed by atoms with Crippen LogP contribution in [0.25, 0.3) is 0 Å². The number of aliphatic carboxylic acids is 1. The predicted molar refractivity (Wildman–Crippen MR) is 71.5 cm³/mol. The van der Waals surface area contributed by atoms with E-state index < -0.39 is 5.97 Å². The van der Waals surface area contributed by atoms with Gasteiger partial charge in [0.1, 0.15) is 5.75 Å². The molecule has 19 heavy (non-hydrogen) atoms. The smallest absolute Gasteiger partial charge is 0.307 e. The molecule has 0 saturated carbocycles. The van der Waals surface area contributed by atoms with E-state index in [1.165, 1.54) is 0 Å². The lowest BCUT2D eigenvalue weighted by atomic mass is 10.1. The molecule has 1 aromatic carbocycles. The summed E-state index contributed by atoms with van der Waals surface area (Å²) in [6.45, 7) is 1.49. The van der Waals surface area contributed by atoms with Crippen LogP contribution in [-0.4, -0.2) is 30.4 Å². The molecular formula is C15H20O4. The first kappa shape index (κ1) is 13.9. The SMILES string of the molecule is O=C(O)Cc1ccccc1OCCCC1CCCO1. The molecular weight excluding hydrogens is 244 g/mol. The highest BCUT2D eigenvalue weighted by Gasteiger charge is 2.14. The summed E-state index contributed by atoms with van der Waals surface area (Å²) < 4.78 is 11.2. The normalized spacial score (nSPS) is 18.4. The van der Waals surface area contributed by atoms with Crippen molar-refractivity contribution in [1.82, 2.24) is 0 Å². The number of benzene rings is 1. The Kier molecular flexibility index (Phi) is 5.21. The lowest BCUT2D eigenvalue weighted by Crippen LogP contribution is -2.09. The first-order chi connectivity index (χ1) is 9.25. The Labute approximate surface area is 113 Å². The molecule has 4 nitrogen and oxygen atoms in total. The molecule has 0 radical (unpaired) electrons. The molecule has 104 valence electrons. The van der Waals surface area contributed by atoms with E-state index in [4.69, 9.17) is 14.6 Å². The van der Waals surface area contributed by atoms with Crippen molar-refractivity contribution < 1.29 is 19.4 Å². The topological polar surface area (TPSA) is 55.8 Å². The lowest BCUT2D eigenvalue weighted by Gasteiger charge is -2.12. The maximum absolute atomic E-state index is 10.8.